The van der Waals surface area contributed by atoms with Gasteiger partial charge in [0.2, 0.25) is 0 Å². The summed E-state index contributed by atoms with van der Waals surface area (Å²) in [6, 6.07) is 0.261. The Labute approximate surface area is 59.4 Å². The smallest absolute Gasteiger partial charge is 0.320 e. The minimum Gasteiger partial charge on any atom is -0.480 e. The predicted octanol–water partition coefficient (Wildman–Crippen LogP) is 0.211. The highest BCUT2D eigenvalue weighted by atomic mass is 16.4. The lowest BCUT2D eigenvalue weighted by Crippen LogP contribution is -2.56. The van der Waals surface area contributed by atoms with Gasteiger partial charge in [-0.15, -0.1) is 0 Å². The second-order valence-electron chi connectivity index (χ2n) is 3.33. The molecule has 0 amide bonds. The first-order valence-electron chi connectivity index (χ1n) is 3.74. The third-order valence-corrected chi connectivity index (χ3v) is 2.54. The van der Waals surface area contributed by atoms with Gasteiger partial charge in [0.15, 0.2) is 0 Å². The molecule has 1 aliphatic carbocycles. The van der Waals surface area contributed by atoms with Gasteiger partial charge >= 0.3 is 5.97 Å². The number of hydrogen-bond donors (Lipinski definition) is 2. The summed E-state index contributed by atoms with van der Waals surface area (Å²) < 4.78 is 0. The number of fused-ring (bicyclic) bond motifs is 2. The van der Waals surface area contributed by atoms with E-state index in [1.807, 2.05) is 0 Å². The monoisotopic (exact) mass is 141 g/mol. The van der Waals surface area contributed by atoms with Crippen LogP contribution in [0.2, 0.25) is 0 Å². The lowest BCUT2D eigenvalue weighted by Gasteiger charge is -2.44. The van der Waals surface area contributed by atoms with Crippen molar-refractivity contribution >= 4 is 5.97 Å². The highest BCUT2D eigenvalue weighted by molar-refractivity contribution is 5.73. The Bertz CT molecular complexity index is 153. The summed E-state index contributed by atoms with van der Waals surface area (Å²) in [5.41, 5.74) is 0. The number of nitrogens with one attached hydrogen (secondary N) is 1. The van der Waals surface area contributed by atoms with Gasteiger partial charge < -0.3 is 10.4 Å². The van der Waals surface area contributed by atoms with E-state index in [9.17, 15) is 4.79 Å². The minimum absolute atomic E-state index is 0.252. The van der Waals surface area contributed by atoms with Crippen LogP contribution in [0, 0.1) is 5.92 Å². The molecule has 0 aromatic heterocycles. The lowest BCUT2D eigenvalue weighted by molar-refractivity contribution is -0.142. The molecule has 2 heterocycles. The largest absolute Gasteiger partial charge is 0.480 e. The molecule has 1 unspecified atom stereocenters. The van der Waals surface area contributed by atoms with E-state index >= 15 is 0 Å². The van der Waals surface area contributed by atoms with Crippen molar-refractivity contribution in [3.05, 3.63) is 0 Å². The van der Waals surface area contributed by atoms with Gasteiger partial charge in [0, 0.05) is 6.04 Å². The number of carbonyl (C=O) groups is 1. The Balaban J connectivity index is 1.97. The molecule has 56 valence electrons. The molecule has 0 spiro atoms. The van der Waals surface area contributed by atoms with Crippen LogP contribution in [-0.4, -0.2) is 23.2 Å². The van der Waals surface area contributed by atoms with Gasteiger partial charge in [0.1, 0.15) is 6.04 Å². The lowest BCUT2D eigenvalue weighted by atomic mass is 9.72. The van der Waals surface area contributed by atoms with Gasteiger partial charge in [-0.3, -0.25) is 4.79 Å². The zero-order valence-electron chi connectivity index (χ0n) is 5.71. The van der Waals surface area contributed by atoms with Gasteiger partial charge in [-0.1, -0.05) is 0 Å². The molecule has 3 nitrogen and oxygen atoms in total. The van der Waals surface area contributed by atoms with Gasteiger partial charge in [-0.2, -0.15) is 0 Å². The molecule has 0 radical (unpaired) electrons. The summed E-state index contributed by atoms with van der Waals surface area (Å²) in [5.74, 6) is 0.0155. The highest BCUT2D eigenvalue weighted by Gasteiger charge is 2.40. The van der Waals surface area contributed by atoms with Crippen LogP contribution in [0.1, 0.15) is 19.3 Å². The number of carboxylic acid groups (broad SMARTS) is 1. The zero-order valence-corrected chi connectivity index (χ0v) is 5.71. The van der Waals surface area contributed by atoms with Gasteiger partial charge in [0.05, 0.1) is 0 Å². The molecule has 3 fully saturated rings. The Kier molecular flexibility index (Phi) is 1.20. The van der Waals surface area contributed by atoms with Crippen LogP contribution in [0.5, 0.6) is 0 Å². The number of aliphatic carboxylic acids is 1. The van der Waals surface area contributed by atoms with E-state index in [-0.39, 0.29) is 6.04 Å². The summed E-state index contributed by atoms with van der Waals surface area (Å²) in [7, 11) is 0. The van der Waals surface area contributed by atoms with Crippen LogP contribution in [0.4, 0.5) is 0 Å². The topological polar surface area (TPSA) is 49.3 Å². The molecular weight excluding hydrogens is 130 g/mol. The van der Waals surface area contributed by atoms with Crippen LogP contribution >= 0.6 is 0 Å². The summed E-state index contributed by atoms with van der Waals surface area (Å²) in [5, 5.41) is 11.7. The molecule has 2 N–H and O–H groups in total. The van der Waals surface area contributed by atoms with Crippen molar-refractivity contribution in [2.45, 2.75) is 31.3 Å². The van der Waals surface area contributed by atoms with Crippen molar-refractivity contribution in [1.82, 2.24) is 5.32 Å². The van der Waals surface area contributed by atoms with Crippen molar-refractivity contribution < 1.29 is 9.90 Å². The van der Waals surface area contributed by atoms with Gasteiger partial charge in [0.25, 0.3) is 0 Å². The van der Waals surface area contributed by atoms with Crippen molar-refractivity contribution in [3.63, 3.8) is 0 Å². The summed E-state index contributed by atoms with van der Waals surface area (Å²) in [6.45, 7) is 0. The average Bonchev–Trinajstić information content (AvgIpc) is 1.86. The molecule has 10 heavy (non-hydrogen) atoms. The molecule has 3 aliphatic rings. The molecular formula is C7H11NO2. The van der Waals surface area contributed by atoms with E-state index in [0.717, 1.165) is 6.42 Å². The maximum absolute atomic E-state index is 10.5. The van der Waals surface area contributed by atoms with Crippen molar-refractivity contribution in [2.24, 2.45) is 5.92 Å². The van der Waals surface area contributed by atoms with Crippen LogP contribution in [0.15, 0.2) is 0 Å². The van der Waals surface area contributed by atoms with Crippen LogP contribution < -0.4 is 5.32 Å². The Morgan fingerprint density at radius 1 is 1.40 bits per heavy atom. The van der Waals surface area contributed by atoms with Crippen LogP contribution in [0.25, 0.3) is 0 Å². The van der Waals surface area contributed by atoms with E-state index in [4.69, 9.17) is 5.11 Å². The Morgan fingerprint density at radius 2 is 2.10 bits per heavy atom. The molecule has 0 aromatic carbocycles. The standard InChI is InChI=1S/C7H11NO2/c9-7(10)6-3-4-1-5(2-4)8-6/h4-6,8H,1-3H2,(H,9,10). The SMILES string of the molecule is O=C(O)C1CC2CC(C2)N1. The maximum Gasteiger partial charge on any atom is 0.320 e. The average molecular weight is 141 g/mol. The first-order chi connectivity index (χ1) is 4.75. The zero-order chi connectivity index (χ0) is 7.14. The molecule has 3 heteroatoms. The van der Waals surface area contributed by atoms with E-state index < -0.39 is 5.97 Å². The Morgan fingerprint density at radius 3 is 2.40 bits per heavy atom. The number of rotatable bonds is 1. The number of hydrogen-bond acceptors (Lipinski definition) is 2. The van der Waals surface area contributed by atoms with Gasteiger partial charge in [-0.25, -0.2) is 0 Å². The molecule has 2 aliphatic heterocycles. The van der Waals surface area contributed by atoms with Gasteiger partial charge in [-0.05, 0) is 25.2 Å². The molecule has 1 atom stereocenters. The molecule has 3 rings (SSSR count). The fourth-order valence-corrected chi connectivity index (χ4v) is 1.92. The minimum atomic E-state index is -0.686. The van der Waals surface area contributed by atoms with Crippen molar-refractivity contribution in [2.75, 3.05) is 0 Å². The normalized spacial score (nSPS) is 44.2. The molecule has 2 bridgehead atoms. The highest BCUT2D eigenvalue weighted by Crippen LogP contribution is 2.36. The van der Waals surface area contributed by atoms with Crippen molar-refractivity contribution in [3.8, 4) is 0 Å². The maximum atomic E-state index is 10.5. The summed E-state index contributed by atoms with van der Waals surface area (Å²) in [6.07, 6.45) is 3.24. The molecule has 2 saturated heterocycles. The molecule has 1 saturated carbocycles. The van der Waals surface area contributed by atoms with E-state index in [1.165, 1.54) is 12.8 Å². The number of piperidine rings is 2. The van der Waals surface area contributed by atoms with E-state index in [1.54, 1.807) is 0 Å². The Hall–Kier alpha value is -0.570. The predicted molar refractivity (Wildman–Crippen MR) is 35.7 cm³/mol. The summed E-state index contributed by atoms with van der Waals surface area (Å²) >= 11 is 0. The molecule has 0 aromatic rings. The second kappa shape index (κ2) is 1.95. The van der Waals surface area contributed by atoms with E-state index in [0.29, 0.717) is 12.0 Å². The first kappa shape index (κ1) is 6.16. The fraction of sp³-hybridized carbons (Fsp3) is 0.857. The quantitative estimate of drug-likeness (QED) is 0.549. The third-order valence-electron chi connectivity index (χ3n) is 2.54. The third kappa shape index (κ3) is 0.814. The fourth-order valence-electron chi connectivity index (χ4n) is 1.92. The number of carboxylic acids is 1. The van der Waals surface area contributed by atoms with E-state index in [2.05, 4.69) is 5.32 Å². The van der Waals surface area contributed by atoms with Crippen LogP contribution in [-0.2, 0) is 4.79 Å². The van der Waals surface area contributed by atoms with Crippen molar-refractivity contribution in [1.29, 1.82) is 0 Å². The second-order valence-corrected chi connectivity index (χ2v) is 3.33. The first-order valence-corrected chi connectivity index (χ1v) is 3.74. The summed E-state index contributed by atoms with van der Waals surface area (Å²) in [4.78, 5) is 10.5. The van der Waals surface area contributed by atoms with Crippen LogP contribution in [0.3, 0.4) is 0 Å².